The number of aliphatic hydroxyl groups excluding tert-OH is 1. The molecule has 0 radical (unpaired) electrons. The average molecular weight is 166 g/mol. The molecule has 6 heteroatoms. The fourth-order valence-corrected chi connectivity index (χ4v) is 0.227. The van der Waals surface area contributed by atoms with E-state index in [4.69, 9.17) is 5.11 Å². The molecular formula is C5H14N2O4. The lowest BCUT2D eigenvalue weighted by Gasteiger charge is -1.99. The second kappa shape index (κ2) is 7.13. The Balaban J connectivity index is -0.000000320. The first-order valence-electron chi connectivity index (χ1n) is 2.44. The number of ether oxygens (including phenoxy) is 1. The molecule has 0 bridgehead atoms. The van der Waals surface area contributed by atoms with E-state index in [1.54, 1.807) is 0 Å². The van der Waals surface area contributed by atoms with Crippen LogP contribution in [0.15, 0.2) is 0 Å². The molecule has 11 heavy (non-hydrogen) atoms. The molecule has 0 aliphatic rings. The van der Waals surface area contributed by atoms with Crippen molar-refractivity contribution in [2.24, 2.45) is 0 Å². The number of hydrogen-bond acceptors (Lipinski definition) is 6. The van der Waals surface area contributed by atoms with Gasteiger partial charge in [0.15, 0.2) is 0 Å². The van der Waals surface area contributed by atoms with E-state index in [0.717, 1.165) is 6.92 Å². The van der Waals surface area contributed by atoms with Crippen LogP contribution in [0.5, 0.6) is 0 Å². The Bertz CT molecular complexity index is 134. The molecule has 68 valence electrons. The Morgan fingerprint density at radius 3 is 1.82 bits per heavy atom. The summed E-state index contributed by atoms with van der Waals surface area (Å²) in [5.74, 6) is -1.62. The van der Waals surface area contributed by atoms with Crippen LogP contribution in [0.4, 0.5) is 0 Å². The maximum Gasteiger partial charge on any atom is 0.342 e. The highest BCUT2D eigenvalue weighted by atomic mass is 16.6. The maximum absolute atomic E-state index is 10.3. The molecule has 0 saturated carbocycles. The molecule has 1 atom stereocenters. The molecule has 0 saturated heterocycles. The summed E-state index contributed by atoms with van der Waals surface area (Å²) in [6.07, 6.45) is -1.23. The van der Waals surface area contributed by atoms with Crippen LogP contribution in [-0.2, 0) is 14.3 Å². The van der Waals surface area contributed by atoms with Crippen LogP contribution in [0.25, 0.3) is 0 Å². The lowest BCUT2D eigenvalue weighted by Crippen LogP contribution is -2.21. The van der Waals surface area contributed by atoms with Gasteiger partial charge < -0.3 is 22.1 Å². The molecule has 0 rings (SSSR count). The number of esters is 2. The van der Waals surface area contributed by atoms with E-state index in [9.17, 15) is 9.59 Å². The highest BCUT2D eigenvalue weighted by molar-refractivity contribution is 5.86. The number of hydrogen-bond donors (Lipinski definition) is 3. The van der Waals surface area contributed by atoms with Crippen LogP contribution in [-0.4, -0.2) is 23.1 Å². The zero-order chi connectivity index (χ0) is 7.44. The first-order valence-corrected chi connectivity index (χ1v) is 2.44. The molecule has 0 aromatic carbocycles. The minimum absolute atomic E-state index is 0. The molecule has 0 aromatic rings. The van der Waals surface area contributed by atoms with Crippen LogP contribution in [0.2, 0.25) is 0 Å². The van der Waals surface area contributed by atoms with Gasteiger partial charge in [0, 0.05) is 6.92 Å². The second-order valence-corrected chi connectivity index (χ2v) is 1.59. The van der Waals surface area contributed by atoms with Crippen LogP contribution in [0.1, 0.15) is 13.8 Å². The Morgan fingerprint density at radius 1 is 1.36 bits per heavy atom. The van der Waals surface area contributed by atoms with E-state index in [2.05, 4.69) is 4.74 Å². The van der Waals surface area contributed by atoms with Crippen LogP contribution in [0.3, 0.4) is 0 Å². The van der Waals surface area contributed by atoms with Crippen LogP contribution >= 0.6 is 0 Å². The van der Waals surface area contributed by atoms with Gasteiger partial charge in [-0.3, -0.25) is 4.79 Å². The predicted octanol–water partition coefficient (Wildman–Crippen LogP) is -0.219. The van der Waals surface area contributed by atoms with Gasteiger partial charge in [0.25, 0.3) is 0 Å². The van der Waals surface area contributed by atoms with E-state index >= 15 is 0 Å². The third kappa shape index (κ3) is 9.02. The van der Waals surface area contributed by atoms with Crippen molar-refractivity contribution in [3.63, 3.8) is 0 Å². The molecular weight excluding hydrogens is 152 g/mol. The van der Waals surface area contributed by atoms with Gasteiger partial charge in [-0.2, -0.15) is 0 Å². The maximum atomic E-state index is 10.3. The molecule has 0 amide bonds. The van der Waals surface area contributed by atoms with Crippen molar-refractivity contribution in [2.45, 2.75) is 20.0 Å². The van der Waals surface area contributed by atoms with Crippen LogP contribution in [0, 0.1) is 0 Å². The third-order valence-electron chi connectivity index (χ3n) is 0.585. The minimum Gasteiger partial charge on any atom is -0.391 e. The molecule has 0 spiro atoms. The van der Waals surface area contributed by atoms with Crippen molar-refractivity contribution in [2.75, 3.05) is 0 Å². The topological polar surface area (TPSA) is 134 Å². The van der Waals surface area contributed by atoms with E-state index in [0.29, 0.717) is 0 Å². The standard InChI is InChI=1S/C5H8O4.2H3N/c1-3(6)5(8)9-4(2)7;;/h3,6H,1-2H3;2*1H3. The first-order chi connectivity index (χ1) is 4.04. The molecule has 0 fully saturated rings. The molecule has 6 nitrogen and oxygen atoms in total. The van der Waals surface area contributed by atoms with Gasteiger partial charge >= 0.3 is 11.9 Å². The van der Waals surface area contributed by atoms with E-state index in [1.807, 2.05) is 0 Å². The fraction of sp³-hybridized carbons (Fsp3) is 0.600. The normalized spacial score (nSPS) is 10.1. The highest BCUT2D eigenvalue weighted by Crippen LogP contribution is 1.85. The summed E-state index contributed by atoms with van der Waals surface area (Å²) in [6.45, 7) is 2.32. The number of rotatable bonds is 1. The smallest absolute Gasteiger partial charge is 0.342 e. The molecule has 1 unspecified atom stereocenters. The zero-order valence-corrected chi connectivity index (χ0v) is 6.66. The van der Waals surface area contributed by atoms with Crippen molar-refractivity contribution in [1.29, 1.82) is 0 Å². The minimum atomic E-state index is -1.23. The summed E-state index contributed by atoms with van der Waals surface area (Å²) in [6, 6.07) is 0. The molecule has 0 aliphatic heterocycles. The number of carbonyl (C=O) groups is 2. The molecule has 7 N–H and O–H groups in total. The summed E-state index contributed by atoms with van der Waals surface area (Å²) < 4.78 is 3.98. The van der Waals surface area contributed by atoms with Gasteiger partial charge in [0.05, 0.1) is 0 Å². The van der Waals surface area contributed by atoms with Crippen LogP contribution < -0.4 is 12.3 Å². The van der Waals surface area contributed by atoms with E-state index in [1.165, 1.54) is 6.92 Å². The van der Waals surface area contributed by atoms with Crippen molar-refractivity contribution >= 4 is 11.9 Å². The first kappa shape index (κ1) is 16.5. The summed E-state index contributed by atoms with van der Waals surface area (Å²) in [4.78, 5) is 20.3. The van der Waals surface area contributed by atoms with Gasteiger partial charge in [-0.05, 0) is 6.92 Å². The van der Waals surface area contributed by atoms with E-state index < -0.39 is 18.0 Å². The van der Waals surface area contributed by atoms with Crippen molar-refractivity contribution < 1.29 is 19.4 Å². The van der Waals surface area contributed by atoms with Crippen molar-refractivity contribution in [3.05, 3.63) is 0 Å². The zero-order valence-electron chi connectivity index (χ0n) is 6.66. The second-order valence-electron chi connectivity index (χ2n) is 1.59. The van der Waals surface area contributed by atoms with Gasteiger partial charge in [0.1, 0.15) is 6.10 Å². The Morgan fingerprint density at radius 2 is 1.73 bits per heavy atom. The molecule has 0 heterocycles. The van der Waals surface area contributed by atoms with Gasteiger partial charge in [-0.1, -0.05) is 0 Å². The molecule has 0 aromatic heterocycles. The Hall–Kier alpha value is -0.980. The Kier molecular flexibility index (Phi) is 10.7. The lowest BCUT2D eigenvalue weighted by molar-refractivity contribution is -0.163. The molecule has 0 aliphatic carbocycles. The highest BCUT2D eigenvalue weighted by Gasteiger charge is 2.11. The monoisotopic (exact) mass is 166 g/mol. The largest absolute Gasteiger partial charge is 0.391 e. The lowest BCUT2D eigenvalue weighted by atomic mass is 10.4. The quantitative estimate of drug-likeness (QED) is 0.364. The summed E-state index contributed by atoms with van der Waals surface area (Å²) in [5, 5.41) is 8.44. The van der Waals surface area contributed by atoms with Gasteiger partial charge in [0.2, 0.25) is 0 Å². The summed E-state index contributed by atoms with van der Waals surface area (Å²) in [7, 11) is 0. The van der Waals surface area contributed by atoms with Crippen molar-refractivity contribution in [1.82, 2.24) is 12.3 Å². The number of aliphatic hydroxyl groups is 1. The summed E-state index contributed by atoms with van der Waals surface area (Å²) >= 11 is 0. The van der Waals surface area contributed by atoms with E-state index in [-0.39, 0.29) is 12.3 Å². The average Bonchev–Trinajstić information content (AvgIpc) is 1.63. The number of carbonyl (C=O) groups excluding carboxylic acids is 2. The van der Waals surface area contributed by atoms with Crippen molar-refractivity contribution in [3.8, 4) is 0 Å². The third-order valence-corrected chi connectivity index (χ3v) is 0.585. The predicted molar refractivity (Wildman–Crippen MR) is 38.5 cm³/mol. The Labute approximate surface area is 64.7 Å². The SMILES string of the molecule is CC(=O)OC(=O)C(C)O.N.N. The fourth-order valence-electron chi connectivity index (χ4n) is 0.227. The summed E-state index contributed by atoms with van der Waals surface area (Å²) in [5.41, 5.74) is 0. The van der Waals surface area contributed by atoms with Gasteiger partial charge in [-0.25, -0.2) is 4.79 Å². The van der Waals surface area contributed by atoms with Gasteiger partial charge in [-0.15, -0.1) is 0 Å².